The molecular weight excluding hydrogens is 509 g/mol. The van der Waals surface area contributed by atoms with Gasteiger partial charge in [0.25, 0.3) is 11.8 Å². The van der Waals surface area contributed by atoms with E-state index in [0.29, 0.717) is 44.4 Å². The predicted molar refractivity (Wildman–Crippen MR) is 144 cm³/mol. The molecule has 0 spiro atoms. The first kappa shape index (κ1) is 24.7. The lowest BCUT2D eigenvalue weighted by atomic mass is 10.1. The summed E-state index contributed by atoms with van der Waals surface area (Å²) < 4.78 is 11.3. The quantitative estimate of drug-likeness (QED) is 0.367. The zero-order chi connectivity index (χ0) is 24.2. The minimum Gasteiger partial charge on any atom is -0.497 e. The first-order chi connectivity index (χ1) is 16.4. The van der Waals surface area contributed by atoms with Crippen molar-refractivity contribution in [3.63, 3.8) is 0 Å². The Morgan fingerprint density at radius 1 is 0.676 bits per heavy atom. The molecule has 0 atom stereocenters. The monoisotopic (exact) mass is 530 g/mol. The van der Waals surface area contributed by atoms with Crippen LogP contribution in [0.1, 0.15) is 11.1 Å². The lowest BCUT2D eigenvalue weighted by molar-refractivity contribution is -0.124. The van der Waals surface area contributed by atoms with Gasteiger partial charge in [-0.05, 0) is 48.2 Å². The lowest BCUT2D eigenvalue weighted by Gasteiger charge is -2.15. The lowest BCUT2D eigenvalue weighted by Crippen LogP contribution is -2.32. The number of ether oxygens (including phenoxy) is 2. The molecule has 2 aromatic carbocycles. The van der Waals surface area contributed by atoms with Crippen LogP contribution in [0.3, 0.4) is 0 Å². The van der Waals surface area contributed by atoms with Crippen molar-refractivity contribution in [1.29, 1.82) is 0 Å². The third-order valence-corrected chi connectivity index (χ3v) is 8.50. The first-order valence-corrected chi connectivity index (χ1v) is 12.9. The standard InChI is InChI=1S/C24H22N2O4S4/c1-29-17-7-3-15(4-8-17)11-13-25-21(27)19(33-23(25)31)20-22(28)26(24(32)34-20)14-12-16-5-9-18(30-2)10-6-16/h3-10H,11-14H2,1-2H3. The average molecular weight is 531 g/mol. The summed E-state index contributed by atoms with van der Waals surface area (Å²) in [5.41, 5.74) is 2.14. The molecule has 2 amide bonds. The van der Waals surface area contributed by atoms with Gasteiger partial charge in [-0.25, -0.2) is 0 Å². The van der Waals surface area contributed by atoms with Crippen molar-refractivity contribution in [1.82, 2.24) is 9.80 Å². The maximum absolute atomic E-state index is 13.1. The van der Waals surface area contributed by atoms with Gasteiger partial charge in [0.05, 0.1) is 24.0 Å². The SMILES string of the molecule is COc1ccc(CCN2C(=O)C(=C3SC(=S)N(CCc4ccc(OC)cc4)C3=O)SC2=S)cc1. The Bertz CT molecular complexity index is 1070. The summed E-state index contributed by atoms with van der Waals surface area (Å²) in [4.78, 5) is 30.1. The highest BCUT2D eigenvalue weighted by atomic mass is 32.2. The van der Waals surface area contributed by atoms with Gasteiger partial charge in [-0.3, -0.25) is 19.4 Å². The van der Waals surface area contributed by atoms with Gasteiger partial charge in [0.2, 0.25) is 0 Å². The topological polar surface area (TPSA) is 59.1 Å². The van der Waals surface area contributed by atoms with Crippen molar-refractivity contribution in [2.45, 2.75) is 12.8 Å². The molecule has 34 heavy (non-hydrogen) atoms. The third-order valence-electron chi connectivity index (χ3n) is 5.47. The second-order valence-corrected chi connectivity index (χ2v) is 10.8. The number of hydrogen-bond acceptors (Lipinski definition) is 8. The minimum absolute atomic E-state index is 0.237. The van der Waals surface area contributed by atoms with E-state index < -0.39 is 0 Å². The van der Waals surface area contributed by atoms with Crippen molar-refractivity contribution < 1.29 is 19.1 Å². The second kappa shape index (κ2) is 10.9. The van der Waals surface area contributed by atoms with Gasteiger partial charge in [0.15, 0.2) is 0 Å². The number of nitrogens with zero attached hydrogens (tertiary/aromatic N) is 2. The predicted octanol–water partition coefficient (Wildman–Crippen LogP) is 4.42. The highest BCUT2D eigenvalue weighted by Gasteiger charge is 2.41. The van der Waals surface area contributed by atoms with Crippen LogP contribution in [-0.4, -0.2) is 57.6 Å². The average Bonchev–Trinajstić information content (AvgIpc) is 3.30. The van der Waals surface area contributed by atoms with E-state index in [2.05, 4.69) is 0 Å². The molecule has 6 nitrogen and oxygen atoms in total. The fourth-order valence-electron chi connectivity index (χ4n) is 3.52. The minimum atomic E-state index is -0.237. The molecule has 0 saturated carbocycles. The van der Waals surface area contributed by atoms with Gasteiger partial charge in [-0.2, -0.15) is 0 Å². The molecule has 0 bridgehead atoms. The summed E-state index contributed by atoms with van der Waals surface area (Å²) in [6, 6.07) is 15.4. The molecule has 2 aliphatic heterocycles. The molecule has 4 rings (SSSR count). The van der Waals surface area contributed by atoms with E-state index in [1.54, 1.807) is 24.0 Å². The largest absolute Gasteiger partial charge is 0.497 e. The normalized spacial score (nSPS) is 18.3. The van der Waals surface area contributed by atoms with Crippen LogP contribution in [0.15, 0.2) is 58.3 Å². The second-order valence-electron chi connectivity index (χ2n) is 7.50. The van der Waals surface area contributed by atoms with Crippen LogP contribution in [0.4, 0.5) is 0 Å². The molecule has 10 heteroatoms. The number of thiocarbonyl (C=S) groups is 2. The number of rotatable bonds is 8. The maximum atomic E-state index is 13.1. The van der Waals surface area contributed by atoms with Crippen LogP contribution >= 0.6 is 48.0 Å². The van der Waals surface area contributed by atoms with Crippen LogP contribution in [0.25, 0.3) is 0 Å². The number of carbonyl (C=O) groups excluding carboxylic acids is 2. The summed E-state index contributed by atoms with van der Waals surface area (Å²) >= 11 is 13.3. The Labute approximate surface area is 217 Å². The van der Waals surface area contributed by atoms with Crippen LogP contribution < -0.4 is 9.47 Å². The maximum Gasteiger partial charge on any atom is 0.267 e. The molecule has 2 fully saturated rings. The number of amides is 2. The third kappa shape index (κ3) is 5.30. The fourth-order valence-corrected chi connectivity index (χ4v) is 6.29. The van der Waals surface area contributed by atoms with E-state index in [9.17, 15) is 9.59 Å². The zero-order valence-electron chi connectivity index (χ0n) is 18.6. The van der Waals surface area contributed by atoms with Crippen LogP contribution in [0.5, 0.6) is 11.5 Å². The first-order valence-electron chi connectivity index (χ1n) is 10.5. The van der Waals surface area contributed by atoms with E-state index in [1.807, 2.05) is 48.5 Å². The summed E-state index contributed by atoms with van der Waals surface area (Å²) in [5, 5.41) is 0. The number of hydrogen-bond donors (Lipinski definition) is 0. The van der Waals surface area contributed by atoms with Crippen molar-refractivity contribution >= 4 is 68.4 Å². The summed E-state index contributed by atoms with van der Waals surface area (Å²) in [7, 11) is 3.24. The summed E-state index contributed by atoms with van der Waals surface area (Å²) in [5.74, 6) is 1.09. The van der Waals surface area contributed by atoms with Crippen molar-refractivity contribution in [2.75, 3.05) is 27.3 Å². The zero-order valence-corrected chi connectivity index (χ0v) is 21.9. The van der Waals surface area contributed by atoms with Gasteiger partial charge in [0.1, 0.15) is 20.1 Å². The van der Waals surface area contributed by atoms with Gasteiger partial charge in [0, 0.05) is 13.1 Å². The molecule has 2 saturated heterocycles. The van der Waals surface area contributed by atoms with Crippen molar-refractivity contribution in [2.24, 2.45) is 0 Å². The molecule has 2 aliphatic rings. The molecule has 176 valence electrons. The van der Waals surface area contributed by atoms with Crippen molar-refractivity contribution in [3.8, 4) is 11.5 Å². The Morgan fingerprint density at radius 2 is 1.03 bits per heavy atom. The molecule has 0 aliphatic carbocycles. The van der Waals surface area contributed by atoms with Crippen LogP contribution in [-0.2, 0) is 22.4 Å². The van der Waals surface area contributed by atoms with E-state index in [-0.39, 0.29) is 11.8 Å². The molecular formula is C24H22N2O4S4. The molecule has 0 unspecified atom stereocenters. The highest BCUT2D eigenvalue weighted by Crippen LogP contribution is 2.42. The van der Waals surface area contributed by atoms with Crippen LogP contribution in [0, 0.1) is 0 Å². The van der Waals surface area contributed by atoms with E-state index in [0.717, 1.165) is 22.6 Å². The van der Waals surface area contributed by atoms with Crippen molar-refractivity contribution in [3.05, 3.63) is 69.5 Å². The smallest absolute Gasteiger partial charge is 0.267 e. The Balaban J connectivity index is 1.41. The Hall–Kier alpha value is -2.40. The number of methoxy groups -OCH3 is 2. The number of benzene rings is 2. The van der Waals surface area contributed by atoms with Gasteiger partial charge in [-0.1, -0.05) is 72.2 Å². The van der Waals surface area contributed by atoms with Gasteiger partial charge in [-0.15, -0.1) is 0 Å². The van der Waals surface area contributed by atoms with E-state index in [1.165, 1.54) is 23.5 Å². The van der Waals surface area contributed by atoms with E-state index in [4.69, 9.17) is 33.9 Å². The summed E-state index contributed by atoms with van der Waals surface area (Å²) in [6.45, 7) is 0.885. The highest BCUT2D eigenvalue weighted by molar-refractivity contribution is 8.29. The number of thioether (sulfide) groups is 2. The van der Waals surface area contributed by atoms with Gasteiger partial charge < -0.3 is 9.47 Å². The molecule has 0 N–H and O–H groups in total. The van der Waals surface area contributed by atoms with Crippen LogP contribution in [0.2, 0.25) is 0 Å². The molecule has 2 aromatic rings. The fraction of sp³-hybridized carbons (Fsp3) is 0.250. The number of carbonyl (C=O) groups is 2. The molecule has 0 aromatic heterocycles. The van der Waals surface area contributed by atoms with Gasteiger partial charge >= 0.3 is 0 Å². The summed E-state index contributed by atoms with van der Waals surface area (Å²) in [6.07, 6.45) is 1.29. The Morgan fingerprint density at radius 3 is 1.35 bits per heavy atom. The molecule has 2 heterocycles. The Kier molecular flexibility index (Phi) is 7.92. The molecule has 0 radical (unpaired) electrons. The van der Waals surface area contributed by atoms with E-state index >= 15 is 0 Å².